The Labute approximate surface area is 356 Å². The fourth-order valence-electron chi connectivity index (χ4n) is 7.00. The molecule has 3 N–H and O–H groups in total. The molecule has 4 saturated carbocycles. The van der Waals surface area contributed by atoms with E-state index in [-0.39, 0.29) is 17.8 Å². The maximum Gasteiger partial charge on any atom is 0.308 e. The fourth-order valence-corrected chi connectivity index (χ4v) is 7.00. The fraction of sp³-hybridized carbons (Fsp3) is 0.933. The number of aliphatic carboxylic acids is 1. The summed E-state index contributed by atoms with van der Waals surface area (Å²) in [5, 5.41) is 27.0. The van der Waals surface area contributed by atoms with Crippen molar-refractivity contribution in [1.29, 1.82) is 0 Å². The Balaban J connectivity index is -0.000000606. The van der Waals surface area contributed by atoms with E-state index >= 15 is 0 Å². The summed E-state index contributed by atoms with van der Waals surface area (Å²) in [5.74, 6) is 0.172. The number of carboxylic acid groups (broad SMARTS) is 1. The van der Waals surface area contributed by atoms with Gasteiger partial charge in [0.15, 0.2) is 0 Å². The summed E-state index contributed by atoms with van der Waals surface area (Å²) in [5.41, 5.74) is 0.863. The molecule has 4 aliphatic carbocycles. The molecule has 1 saturated heterocycles. The molecule has 5 rings (SSSR count). The average molecular weight is 918 g/mol. The summed E-state index contributed by atoms with van der Waals surface area (Å²) in [6.45, 7) is 24.5. The van der Waals surface area contributed by atoms with Crippen LogP contribution in [0.1, 0.15) is 179 Å². The van der Waals surface area contributed by atoms with E-state index in [1.54, 1.807) is 13.8 Å². The van der Waals surface area contributed by atoms with Crippen LogP contribution in [0, 0.1) is 39.9 Å². The molecule has 0 aromatic carbocycles. The lowest BCUT2D eigenvalue weighted by Crippen LogP contribution is -2.32. The van der Waals surface area contributed by atoms with Gasteiger partial charge in [0, 0.05) is 27.1 Å². The second kappa shape index (κ2) is 33.5. The van der Waals surface area contributed by atoms with Gasteiger partial charge in [-0.3, -0.25) is 9.59 Å². The van der Waals surface area contributed by atoms with Crippen molar-refractivity contribution in [2.75, 3.05) is 45.2 Å². The van der Waals surface area contributed by atoms with E-state index in [1.807, 2.05) is 4.93 Å². The summed E-state index contributed by atoms with van der Waals surface area (Å²) in [6.07, 6.45) is 20.1. The number of carbonyl (C=O) groups excluding carboxylic acids is 2. The minimum atomic E-state index is -0.722. The Morgan fingerprint density at radius 1 is 0.764 bits per heavy atom. The lowest BCUT2D eigenvalue weighted by atomic mass is 9.73. The number of halogens is 1. The molecule has 0 bridgehead atoms. The largest absolute Gasteiger partial charge is 0.481 e. The minimum Gasteiger partial charge on any atom is -0.481 e. The zero-order valence-electron chi connectivity index (χ0n) is 38.7. The lowest BCUT2D eigenvalue weighted by Gasteiger charge is -2.33. The third-order valence-corrected chi connectivity index (χ3v) is 11.4. The molecule has 5 fully saturated rings. The van der Waals surface area contributed by atoms with Crippen molar-refractivity contribution in [1.82, 2.24) is 0 Å². The van der Waals surface area contributed by atoms with Gasteiger partial charge in [0.05, 0.1) is 24.5 Å². The molecule has 0 aromatic heterocycles. The second-order valence-electron chi connectivity index (χ2n) is 18.3. The van der Waals surface area contributed by atoms with Gasteiger partial charge < -0.3 is 29.6 Å². The highest BCUT2D eigenvalue weighted by Crippen LogP contribution is 2.39. The average Bonchev–Trinajstić information content (AvgIpc) is 3.75. The van der Waals surface area contributed by atoms with Crippen LogP contribution in [0.3, 0.4) is 0 Å². The van der Waals surface area contributed by atoms with E-state index in [1.165, 1.54) is 58.5 Å². The van der Waals surface area contributed by atoms with E-state index < -0.39 is 11.6 Å². The molecular formula is C45H90IO8P. The van der Waals surface area contributed by atoms with E-state index in [4.69, 9.17) is 21.1 Å². The number of carboxylic acids is 1. The third kappa shape index (κ3) is 32.2. The predicted octanol–water partition coefficient (Wildman–Crippen LogP) is 11.8. The highest BCUT2D eigenvalue weighted by Gasteiger charge is 2.32. The molecule has 10 heteroatoms. The van der Waals surface area contributed by atoms with Gasteiger partial charge in [-0.15, -0.1) is 8.58 Å². The van der Waals surface area contributed by atoms with Crippen molar-refractivity contribution in [3.63, 3.8) is 0 Å². The number of alkyl halides is 1. The highest BCUT2D eigenvalue weighted by atomic mass is 127. The number of aliphatic hydroxyl groups excluding tert-OH is 1. The van der Waals surface area contributed by atoms with Crippen LogP contribution in [0.4, 0.5) is 0 Å². The topological polar surface area (TPSA) is 130 Å². The first-order chi connectivity index (χ1) is 26.2. The molecule has 330 valence electrons. The molecule has 0 amide bonds. The highest BCUT2D eigenvalue weighted by molar-refractivity contribution is 14.1. The van der Waals surface area contributed by atoms with Gasteiger partial charge >= 0.3 is 11.9 Å². The van der Waals surface area contributed by atoms with Crippen LogP contribution in [-0.4, -0.2) is 84.3 Å². The quantitative estimate of drug-likeness (QED) is 0.0836. The lowest BCUT2D eigenvalue weighted by molar-refractivity contribution is -0.147. The van der Waals surface area contributed by atoms with E-state index in [2.05, 4.69) is 77.5 Å². The Morgan fingerprint density at radius 2 is 1.11 bits per heavy atom. The van der Waals surface area contributed by atoms with E-state index in [9.17, 15) is 19.5 Å². The molecule has 0 aromatic rings. The van der Waals surface area contributed by atoms with Crippen LogP contribution in [0.2, 0.25) is 0 Å². The molecule has 0 spiro atoms. The van der Waals surface area contributed by atoms with Crippen molar-refractivity contribution in [3.05, 3.63) is 0 Å². The zero-order chi connectivity index (χ0) is 43.8. The number of esters is 1. The Hall–Kier alpha value is -0.350. The normalized spacial score (nSPS) is 25.4. The maximum atomic E-state index is 11.2. The Morgan fingerprint density at radius 3 is 1.40 bits per heavy atom. The van der Waals surface area contributed by atoms with Gasteiger partial charge in [-0.05, 0) is 163 Å². The van der Waals surface area contributed by atoms with Crippen LogP contribution in [0.15, 0.2) is 0 Å². The number of aldehydes is 1. The number of methoxy groups -OCH3 is 1. The van der Waals surface area contributed by atoms with Gasteiger partial charge in [0.25, 0.3) is 0 Å². The first kappa shape index (κ1) is 56.7. The molecular weight excluding hydrogens is 826 g/mol. The van der Waals surface area contributed by atoms with Gasteiger partial charge in [-0.25, -0.2) is 0 Å². The van der Waals surface area contributed by atoms with Crippen molar-refractivity contribution < 1.29 is 40.5 Å². The third-order valence-electron chi connectivity index (χ3n) is 11.4. The predicted molar refractivity (Wildman–Crippen MR) is 244 cm³/mol. The van der Waals surface area contributed by atoms with Crippen molar-refractivity contribution in [2.24, 2.45) is 39.9 Å². The molecule has 0 unspecified atom stereocenters. The number of aliphatic hydroxyl groups is 2. The molecule has 1 heterocycles. The van der Waals surface area contributed by atoms with Crippen molar-refractivity contribution >= 4 is 49.4 Å². The Kier molecular flexibility index (Phi) is 34.5. The summed E-state index contributed by atoms with van der Waals surface area (Å²) in [7, 11) is 2.56. The van der Waals surface area contributed by atoms with Crippen molar-refractivity contribution in [2.45, 2.75) is 183 Å². The summed E-state index contributed by atoms with van der Waals surface area (Å²) < 4.78 is 15.9. The molecule has 8 nitrogen and oxygen atoms in total. The van der Waals surface area contributed by atoms with Gasteiger partial charge in [-0.1, -0.05) is 78.0 Å². The number of hydrogen-bond acceptors (Lipinski definition) is 7. The van der Waals surface area contributed by atoms with E-state index in [0.29, 0.717) is 67.3 Å². The number of hydrogen-bond donors (Lipinski definition) is 3. The summed E-state index contributed by atoms with van der Waals surface area (Å²) in [6, 6.07) is 0. The monoisotopic (exact) mass is 918 g/mol. The standard InChI is InChI=1S/C10H18O2.C9H18O.C9H16O.C8H14O3.C4H8O.C2H7P.C2H6.CH3I/c1-10(2)6-4-8(5-7-10)9(11)12-3;2*1-9(2)5-3-8(7-10)4-6-9;1-8(11)4-2-6(3-5-8)7(9)10;1-2-4-5-3-1;1-3-2;2*1-2/h8H,4-7H2,1-3H3;8,10H,3-7H2,1-2H3;7-8H,3-6H2,1-2H3;6,11H,2-5H2,1H3,(H,9,10);1-4H2;3H,1-2H3;1-2H3;1H3/i;;;;;;1D;. The van der Waals surface area contributed by atoms with Gasteiger partial charge in [-0.2, -0.15) is 0 Å². The molecule has 55 heavy (non-hydrogen) atoms. The minimum absolute atomic E-state index is 0.0227. The first-order valence-corrected chi connectivity index (χ1v) is 25.3. The van der Waals surface area contributed by atoms with Crippen LogP contribution in [-0.2, 0) is 23.9 Å². The zero-order valence-corrected chi connectivity index (χ0v) is 40.9. The summed E-state index contributed by atoms with van der Waals surface area (Å²) >= 11 is 2.15. The molecule has 0 atom stereocenters. The molecule has 0 radical (unpaired) electrons. The van der Waals surface area contributed by atoms with Crippen molar-refractivity contribution in [3.8, 4) is 0 Å². The smallest absolute Gasteiger partial charge is 0.308 e. The molecule has 5 aliphatic rings. The number of carbonyl (C=O) groups is 3. The van der Waals surface area contributed by atoms with Crippen LogP contribution in [0.5, 0.6) is 0 Å². The number of rotatable bonds is 4. The maximum absolute atomic E-state index is 11.2. The van der Waals surface area contributed by atoms with Gasteiger partial charge in [0.2, 0.25) is 0 Å². The first-order valence-electron chi connectivity index (χ1n) is 21.8. The second-order valence-corrected chi connectivity index (χ2v) is 19.3. The van der Waals surface area contributed by atoms with Crippen LogP contribution >= 0.6 is 31.2 Å². The van der Waals surface area contributed by atoms with Crippen LogP contribution in [0.25, 0.3) is 0 Å². The Bertz CT molecular complexity index is 924. The van der Waals surface area contributed by atoms with E-state index in [0.717, 1.165) is 66.6 Å². The van der Waals surface area contributed by atoms with Gasteiger partial charge in [0.1, 0.15) is 6.29 Å². The number of ether oxygens (including phenoxy) is 2. The summed E-state index contributed by atoms with van der Waals surface area (Å²) in [4.78, 5) is 34.0. The molecule has 1 aliphatic heterocycles. The van der Waals surface area contributed by atoms with Crippen LogP contribution < -0.4 is 0 Å². The SMILES string of the molecule is C1CCOC1.CC1(C)CCC(C=O)CC1.CC1(C)CCC(CO)CC1.CC1(O)CCC(C(=O)O)CC1.CI.COC(=O)C1CCC(C)(C)CC1.CPC.[2H]CC.